The Hall–Kier alpha value is -0.830. The molecule has 0 heterocycles. The summed E-state index contributed by atoms with van der Waals surface area (Å²) in [4.78, 5) is 11.4. The van der Waals surface area contributed by atoms with Crippen LogP contribution in [0.1, 0.15) is 19.3 Å². The van der Waals surface area contributed by atoms with E-state index in [1.54, 1.807) is 0 Å². The number of hydrogen-bond acceptors (Lipinski definition) is 2. The number of rotatable bonds is 2. The van der Waals surface area contributed by atoms with Crippen LogP contribution < -0.4 is 11.1 Å². The van der Waals surface area contributed by atoms with Gasteiger partial charge in [0.05, 0.1) is 0 Å². The van der Waals surface area contributed by atoms with E-state index < -0.39 is 0 Å². The molecule has 2 atom stereocenters. The van der Waals surface area contributed by atoms with Crippen LogP contribution in [0.3, 0.4) is 0 Å². The first kappa shape index (κ1) is 7.80. The van der Waals surface area contributed by atoms with Crippen LogP contribution in [-0.2, 0) is 4.79 Å². The van der Waals surface area contributed by atoms with Gasteiger partial charge in [0.15, 0.2) is 0 Å². The largest absolute Gasteiger partial charge is 0.351 e. The Morgan fingerprint density at radius 3 is 2.50 bits per heavy atom. The van der Waals surface area contributed by atoms with Crippen molar-refractivity contribution in [2.45, 2.75) is 31.3 Å². The number of amides is 1. The summed E-state index contributed by atoms with van der Waals surface area (Å²) < 4.78 is 0. The summed E-state index contributed by atoms with van der Waals surface area (Å²) in [5, 5.41) is 2.94. The molecule has 1 saturated carbocycles. The molecule has 66 valence electrons. The summed E-state index contributed by atoms with van der Waals surface area (Å²) in [7, 11) is 0. The zero-order chi connectivity index (χ0) is 8.55. The Morgan fingerprint density at radius 1 is 1.42 bits per heavy atom. The molecule has 0 aromatic carbocycles. The van der Waals surface area contributed by atoms with Crippen molar-refractivity contribution in [3.05, 3.63) is 12.2 Å². The fraction of sp³-hybridized carbons (Fsp3) is 0.667. The van der Waals surface area contributed by atoms with Gasteiger partial charge in [-0.1, -0.05) is 12.2 Å². The molecule has 0 saturated heterocycles. The Bertz CT molecular complexity index is 217. The number of carbonyl (C=O) groups is 1. The predicted molar refractivity (Wildman–Crippen MR) is 46.4 cm³/mol. The van der Waals surface area contributed by atoms with Crippen LogP contribution in [-0.4, -0.2) is 18.0 Å². The minimum atomic E-state index is 0.179. The van der Waals surface area contributed by atoms with Gasteiger partial charge in [0.1, 0.15) is 0 Å². The minimum Gasteiger partial charge on any atom is -0.351 e. The predicted octanol–water partition coefficient (Wildman–Crippen LogP) is 0.168. The van der Waals surface area contributed by atoms with Gasteiger partial charge >= 0.3 is 0 Å². The molecule has 3 N–H and O–H groups in total. The van der Waals surface area contributed by atoms with Crippen molar-refractivity contribution in [2.24, 2.45) is 11.7 Å². The highest BCUT2D eigenvalue weighted by atomic mass is 16.2. The van der Waals surface area contributed by atoms with Crippen LogP contribution in [0.5, 0.6) is 0 Å². The van der Waals surface area contributed by atoms with E-state index in [-0.39, 0.29) is 23.9 Å². The molecule has 12 heavy (non-hydrogen) atoms. The molecule has 2 rings (SSSR count). The fourth-order valence-corrected chi connectivity index (χ4v) is 1.51. The van der Waals surface area contributed by atoms with E-state index in [1.165, 1.54) is 0 Å². The monoisotopic (exact) mass is 166 g/mol. The Labute approximate surface area is 72.0 Å². The molecule has 0 aromatic heterocycles. The van der Waals surface area contributed by atoms with Crippen molar-refractivity contribution in [1.29, 1.82) is 0 Å². The molecule has 0 radical (unpaired) electrons. The average molecular weight is 166 g/mol. The molecule has 2 aliphatic carbocycles. The number of nitrogens with one attached hydrogen (secondary N) is 1. The molecule has 0 bridgehead atoms. The van der Waals surface area contributed by atoms with Gasteiger partial charge in [-0.05, 0) is 19.3 Å². The zero-order valence-electron chi connectivity index (χ0n) is 6.99. The summed E-state index contributed by atoms with van der Waals surface area (Å²) in [5.41, 5.74) is 5.58. The van der Waals surface area contributed by atoms with Crippen LogP contribution in [0, 0.1) is 5.92 Å². The summed E-state index contributed by atoms with van der Waals surface area (Å²) >= 11 is 0. The van der Waals surface area contributed by atoms with Gasteiger partial charge in [-0.15, -0.1) is 0 Å². The molecule has 2 unspecified atom stereocenters. The van der Waals surface area contributed by atoms with E-state index in [2.05, 4.69) is 17.5 Å². The number of allylic oxidation sites excluding steroid dienone is 2. The molecule has 0 spiro atoms. The lowest BCUT2D eigenvalue weighted by atomic mass is 10.1. The molecule has 3 heteroatoms. The summed E-state index contributed by atoms with van der Waals surface area (Å²) in [5.74, 6) is 0.357. The maximum atomic E-state index is 11.4. The van der Waals surface area contributed by atoms with Crippen LogP contribution in [0.4, 0.5) is 0 Å². The van der Waals surface area contributed by atoms with Crippen molar-refractivity contribution < 1.29 is 4.79 Å². The average Bonchev–Trinajstić information content (AvgIpc) is 2.58. The lowest BCUT2D eigenvalue weighted by Gasteiger charge is -2.09. The summed E-state index contributed by atoms with van der Waals surface area (Å²) in [6.07, 6.45) is 6.88. The fourth-order valence-electron chi connectivity index (χ4n) is 1.51. The standard InChI is InChI=1S/C9H14N2O/c10-7-5-8(7)11-9(12)6-3-1-2-4-6/h1-2,6-8H,3-5,10H2,(H,11,12). The van der Waals surface area contributed by atoms with Crippen molar-refractivity contribution in [2.75, 3.05) is 0 Å². The van der Waals surface area contributed by atoms with Crippen molar-refractivity contribution in [3.8, 4) is 0 Å². The van der Waals surface area contributed by atoms with Crippen molar-refractivity contribution in [3.63, 3.8) is 0 Å². The van der Waals surface area contributed by atoms with E-state index in [9.17, 15) is 4.79 Å². The van der Waals surface area contributed by atoms with Gasteiger partial charge in [0, 0.05) is 18.0 Å². The topological polar surface area (TPSA) is 55.1 Å². The van der Waals surface area contributed by atoms with E-state index in [1.807, 2.05) is 0 Å². The molecule has 3 nitrogen and oxygen atoms in total. The van der Waals surface area contributed by atoms with E-state index in [4.69, 9.17) is 5.73 Å². The van der Waals surface area contributed by atoms with Gasteiger partial charge in [-0.3, -0.25) is 4.79 Å². The third-order valence-electron chi connectivity index (χ3n) is 2.55. The SMILES string of the molecule is NC1CC1NC(=O)C1CC=CC1. The second-order valence-corrected chi connectivity index (χ2v) is 3.65. The van der Waals surface area contributed by atoms with Crippen LogP contribution in [0.25, 0.3) is 0 Å². The van der Waals surface area contributed by atoms with Gasteiger partial charge in [-0.2, -0.15) is 0 Å². The van der Waals surface area contributed by atoms with Crippen molar-refractivity contribution >= 4 is 5.91 Å². The van der Waals surface area contributed by atoms with Gasteiger partial charge in [0.25, 0.3) is 0 Å². The molecule has 0 aromatic rings. The smallest absolute Gasteiger partial charge is 0.224 e. The second kappa shape index (κ2) is 2.90. The molecule has 2 aliphatic rings. The number of carbonyl (C=O) groups excluding carboxylic acids is 1. The second-order valence-electron chi connectivity index (χ2n) is 3.65. The van der Waals surface area contributed by atoms with Gasteiger partial charge in [-0.25, -0.2) is 0 Å². The highest BCUT2D eigenvalue weighted by Crippen LogP contribution is 2.22. The third-order valence-corrected chi connectivity index (χ3v) is 2.55. The quantitative estimate of drug-likeness (QED) is 0.574. The van der Waals surface area contributed by atoms with Crippen LogP contribution in [0.2, 0.25) is 0 Å². The van der Waals surface area contributed by atoms with Gasteiger partial charge in [0.2, 0.25) is 5.91 Å². The van der Waals surface area contributed by atoms with Crippen LogP contribution >= 0.6 is 0 Å². The van der Waals surface area contributed by atoms with Gasteiger partial charge < -0.3 is 11.1 Å². The lowest BCUT2D eigenvalue weighted by Crippen LogP contribution is -2.34. The summed E-state index contributed by atoms with van der Waals surface area (Å²) in [6.45, 7) is 0. The molecule has 1 fully saturated rings. The molecule has 1 amide bonds. The van der Waals surface area contributed by atoms with Crippen molar-refractivity contribution in [1.82, 2.24) is 5.32 Å². The number of hydrogen-bond donors (Lipinski definition) is 2. The first-order valence-corrected chi connectivity index (χ1v) is 4.48. The van der Waals surface area contributed by atoms with E-state index in [0.29, 0.717) is 0 Å². The number of nitrogens with two attached hydrogens (primary N) is 1. The van der Waals surface area contributed by atoms with Crippen LogP contribution in [0.15, 0.2) is 12.2 Å². The third kappa shape index (κ3) is 1.50. The Morgan fingerprint density at radius 2 is 2.00 bits per heavy atom. The van der Waals surface area contributed by atoms with E-state index in [0.717, 1.165) is 19.3 Å². The Balaban J connectivity index is 1.77. The summed E-state index contributed by atoms with van der Waals surface area (Å²) in [6, 6.07) is 0.474. The molecular formula is C9H14N2O. The maximum absolute atomic E-state index is 11.4. The highest BCUT2D eigenvalue weighted by molar-refractivity contribution is 5.80. The first-order valence-electron chi connectivity index (χ1n) is 4.48. The molecular weight excluding hydrogens is 152 g/mol. The maximum Gasteiger partial charge on any atom is 0.224 e. The zero-order valence-corrected chi connectivity index (χ0v) is 6.99. The normalized spacial score (nSPS) is 33.8. The van der Waals surface area contributed by atoms with E-state index >= 15 is 0 Å². The Kier molecular flexibility index (Phi) is 1.89. The lowest BCUT2D eigenvalue weighted by molar-refractivity contribution is -0.124. The highest BCUT2D eigenvalue weighted by Gasteiger charge is 2.36. The molecule has 0 aliphatic heterocycles. The first-order chi connectivity index (χ1) is 5.77. The minimum absolute atomic E-state index is 0.179.